The molecular formula is C21H26N4O5S. The first kappa shape index (κ1) is 24.0. The van der Waals surface area contributed by atoms with Gasteiger partial charge in [-0.3, -0.25) is 14.7 Å². The molecule has 2 heterocycles. The number of nitrogens with one attached hydrogen (secondary N) is 1. The van der Waals surface area contributed by atoms with Gasteiger partial charge >= 0.3 is 0 Å². The minimum absolute atomic E-state index is 0.126. The lowest BCUT2D eigenvalue weighted by Gasteiger charge is -2.12. The minimum atomic E-state index is -3.67. The molecule has 9 nitrogen and oxygen atoms in total. The zero-order valence-electron chi connectivity index (χ0n) is 17.8. The molecule has 0 bridgehead atoms. The second kappa shape index (κ2) is 9.71. The zero-order chi connectivity index (χ0) is 23.2. The van der Waals surface area contributed by atoms with Gasteiger partial charge in [0, 0.05) is 23.2 Å². The quantitative estimate of drug-likeness (QED) is 0.517. The van der Waals surface area contributed by atoms with Crippen molar-refractivity contribution in [2.45, 2.75) is 32.6 Å². The fourth-order valence-electron chi connectivity index (χ4n) is 2.45. The summed E-state index contributed by atoms with van der Waals surface area (Å²) in [4.78, 5) is 16.3. The first-order valence-corrected chi connectivity index (χ1v) is 11.2. The molecule has 10 heteroatoms. The number of nitrogen functional groups attached to an aromatic ring is 1. The molecule has 0 radical (unpaired) electrons. The van der Waals surface area contributed by atoms with E-state index in [1.807, 2.05) is 51.1 Å². The Labute approximate surface area is 181 Å². The van der Waals surface area contributed by atoms with E-state index in [9.17, 15) is 13.2 Å². The number of nitrogens with two attached hydrogens (primary N) is 1. The minimum Gasteiger partial charge on any atom is -0.384 e. The van der Waals surface area contributed by atoms with Crippen molar-refractivity contribution in [3.8, 4) is 11.1 Å². The monoisotopic (exact) mass is 446 g/mol. The highest BCUT2D eigenvalue weighted by Gasteiger charge is 2.19. The van der Waals surface area contributed by atoms with Gasteiger partial charge in [-0.25, -0.2) is 4.98 Å². The molecule has 2 aromatic heterocycles. The molecule has 0 saturated heterocycles. The van der Waals surface area contributed by atoms with Gasteiger partial charge in [-0.2, -0.15) is 8.42 Å². The Balaban J connectivity index is 0.000000614. The second-order valence-corrected chi connectivity index (χ2v) is 9.42. The van der Waals surface area contributed by atoms with E-state index < -0.39 is 10.1 Å². The Morgan fingerprint density at radius 1 is 1.13 bits per heavy atom. The van der Waals surface area contributed by atoms with Gasteiger partial charge in [0.2, 0.25) is 11.8 Å². The van der Waals surface area contributed by atoms with Crippen molar-refractivity contribution in [3.05, 3.63) is 59.9 Å². The summed E-state index contributed by atoms with van der Waals surface area (Å²) in [5, 5.41) is 6.74. The number of hydrogen-bond donors (Lipinski definition) is 3. The van der Waals surface area contributed by atoms with Crippen molar-refractivity contribution < 1.29 is 22.3 Å². The van der Waals surface area contributed by atoms with E-state index in [1.54, 1.807) is 18.3 Å². The Morgan fingerprint density at radius 3 is 2.19 bits per heavy atom. The lowest BCUT2D eigenvalue weighted by molar-refractivity contribution is -0.115. The average Bonchev–Trinajstić information content (AvgIpc) is 3.10. The van der Waals surface area contributed by atoms with Gasteiger partial charge < -0.3 is 10.3 Å². The maximum absolute atomic E-state index is 12.2. The predicted octanol–water partition coefficient (Wildman–Crippen LogP) is 3.30. The van der Waals surface area contributed by atoms with Crippen molar-refractivity contribution in [2.75, 3.05) is 17.3 Å². The number of pyridine rings is 1. The van der Waals surface area contributed by atoms with Crippen molar-refractivity contribution in [3.63, 3.8) is 0 Å². The molecule has 166 valence electrons. The van der Waals surface area contributed by atoms with E-state index in [-0.39, 0.29) is 17.7 Å². The molecule has 0 aliphatic rings. The zero-order valence-corrected chi connectivity index (χ0v) is 18.6. The fraction of sp³-hybridized carbons (Fsp3) is 0.286. The largest absolute Gasteiger partial charge is 0.384 e. The van der Waals surface area contributed by atoms with Crippen molar-refractivity contribution >= 4 is 27.7 Å². The molecule has 1 aromatic carbocycles. The Kier molecular flexibility index (Phi) is 7.53. The van der Waals surface area contributed by atoms with Gasteiger partial charge in [-0.15, -0.1) is 0 Å². The van der Waals surface area contributed by atoms with E-state index in [2.05, 4.69) is 15.5 Å². The number of anilines is 2. The second-order valence-electron chi connectivity index (χ2n) is 7.95. The van der Waals surface area contributed by atoms with Crippen LogP contribution in [0.1, 0.15) is 32.0 Å². The molecule has 1 amide bonds. The fourth-order valence-corrected chi connectivity index (χ4v) is 2.45. The van der Waals surface area contributed by atoms with E-state index in [0.717, 1.165) is 22.4 Å². The van der Waals surface area contributed by atoms with Crippen LogP contribution in [0.25, 0.3) is 11.1 Å². The molecule has 0 aliphatic carbocycles. The summed E-state index contributed by atoms with van der Waals surface area (Å²) in [5.74, 6) is 0.706. The molecule has 0 saturated carbocycles. The smallest absolute Gasteiger partial charge is 0.261 e. The lowest BCUT2D eigenvalue weighted by atomic mass is 9.92. The third-order valence-corrected chi connectivity index (χ3v) is 3.98. The third kappa shape index (κ3) is 8.57. The van der Waals surface area contributed by atoms with Gasteiger partial charge in [0.25, 0.3) is 10.1 Å². The van der Waals surface area contributed by atoms with E-state index in [0.29, 0.717) is 18.0 Å². The van der Waals surface area contributed by atoms with E-state index >= 15 is 0 Å². The van der Waals surface area contributed by atoms with Crippen LogP contribution in [0.15, 0.2) is 53.2 Å². The summed E-state index contributed by atoms with van der Waals surface area (Å²) in [7, 11) is -3.67. The lowest BCUT2D eigenvalue weighted by Crippen LogP contribution is -2.14. The number of rotatable bonds is 4. The van der Waals surface area contributed by atoms with Crippen LogP contribution in [0, 0.1) is 0 Å². The van der Waals surface area contributed by atoms with Crippen molar-refractivity contribution in [1.29, 1.82) is 0 Å². The molecule has 0 unspecified atom stereocenters. The van der Waals surface area contributed by atoms with Gasteiger partial charge in [0.05, 0.1) is 18.4 Å². The number of nitrogens with zero attached hydrogens (tertiary/aromatic N) is 2. The summed E-state index contributed by atoms with van der Waals surface area (Å²) in [6.07, 6.45) is 2.70. The van der Waals surface area contributed by atoms with Crippen LogP contribution in [0.4, 0.5) is 11.7 Å². The first-order chi connectivity index (χ1) is 14.3. The van der Waals surface area contributed by atoms with Crippen LogP contribution in [-0.2, 0) is 26.7 Å². The van der Waals surface area contributed by atoms with Crippen LogP contribution < -0.4 is 11.1 Å². The molecular weight excluding hydrogens is 420 g/mol. The molecule has 3 aromatic rings. The maximum atomic E-state index is 12.2. The molecule has 31 heavy (non-hydrogen) atoms. The number of aromatic nitrogens is 2. The van der Waals surface area contributed by atoms with Crippen molar-refractivity contribution in [1.82, 2.24) is 10.1 Å². The number of benzene rings is 1. The summed E-state index contributed by atoms with van der Waals surface area (Å²) in [5.41, 5.74) is 9.19. The Bertz CT molecular complexity index is 1110. The Morgan fingerprint density at radius 2 is 1.71 bits per heavy atom. The van der Waals surface area contributed by atoms with Gasteiger partial charge in [0.15, 0.2) is 0 Å². The summed E-state index contributed by atoms with van der Waals surface area (Å²) >= 11 is 0. The molecule has 3 rings (SSSR count). The highest BCUT2D eigenvalue weighted by atomic mass is 32.2. The van der Waals surface area contributed by atoms with Gasteiger partial charge in [-0.1, -0.05) is 50.2 Å². The normalized spacial score (nSPS) is 11.4. The van der Waals surface area contributed by atoms with Crippen LogP contribution in [0.2, 0.25) is 0 Å². The SMILES string of the molecule is CC(C)(C)c1cc(NC(=O)Cc2ccc(-c3ccc(N)nc3)cc2)on1.CS(=O)(=O)O. The number of amides is 1. The van der Waals surface area contributed by atoms with Crippen LogP contribution in [0.3, 0.4) is 0 Å². The third-order valence-electron chi connectivity index (χ3n) is 3.98. The highest BCUT2D eigenvalue weighted by molar-refractivity contribution is 7.85. The number of carbonyl (C=O) groups is 1. The molecule has 4 N–H and O–H groups in total. The summed E-state index contributed by atoms with van der Waals surface area (Å²) in [6.45, 7) is 6.11. The highest BCUT2D eigenvalue weighted by Crippen LogP contribution is 2.24. The molecule has 0 fully saturated rings. The van der Waals surface area contributed by atoms with Crippen LogP contribution >= 0.6 is 0 Å². The predicted molar refractivity (Wildman–Crippen MR) is 119 cm³/mol. The first-order valence-electron chi connectivity index (χ1n) is 9.31. The standard InChI is InChI=1S/C20H22N4O2.CH4O3S/c1-20(2,3)16-11-19(26-24-16)23-18(25)10-13-4-6-14(7-5-13)15-8-9-17(21)22-12-15;1-5(2,3)4/h4-9,11-12H,10H2,1-3H3,(H2,21,22)(H,23,25);1H3,(H,2,3,4). The van der Waals surface area contributed by atoms with Crippen LogP contribution in [-0.4, -0.2) is 35.3 Å². The molecule has 0 spiro atoms. The van der Waals surface area contributed by atoms with E-state index in [4.69, 9.17) is 14.8 Å². The van der Waals surface area contributed by atoms with Gasteiger partial charge in [-0.05, 0) is 23.3 Å². The van der Waals surface area contributed by atoms with Crippen molar-refractivity contribution in [2.24, 2.45) is 0 Å². The summed E-state index contributed by atoms with van der Waals surface area (Å²) < 4.78 is 31.1. The topological polar surface area (TPSA) is 148 Å². The summed E-state index contributed by atoms with van der Waals surface area (Å²) in [6, 6.07) is 13.2. The Hall–Kier alpha value is -3.24. The maximum Gasteiger partial charge on any atom is 0.261 e. The average molecular weight is 447 g/mol. The van der Waals surface area contributed by atoms with E-state index in [1.165, 1.54) is 0 Å². The number of hydrogen-bond acceptors (Lipinski definition) is 7. The number of carbonyl (C=O) groups excluding carboxylic acids is 1. The molecule has 0 atom stereocenters. The van der Waals surface area contributed by atoms with Gasteiger partial charge in [0.1, 0.15) is 5.82 Å². The van der Waals surface area contributed by atoms with Crippen LogP contribution in [0.5, 0.6) is 0 Å². The molecule has 0 aliphatic heterocycles.